The molecule has 1 aromatic rings. The molecule has 1 saturated carbocycles. The molecule has 104 valence electrons. The molecule has 19 heavy (non-hydrogen) atoms. The highest BCUT2D eigenvalue weighted by Gasteiger charge is 2.25. The Hall–Kier alpha value is -1.00. The number of thioether (sulfide) groups is 1. The first kappa shape index (κ1) is 14.4. The Morgan fingerprint density at radius 3 is 2.79 bits per heavy atom. The number of nitrogens with one attached hydrogen (secondary N) is 1. The summed E-state index contributed by atoms with van der Waals surface area (Å²) in [7, 11) is 0. The number of aliphatic hydroxyl groups excluding tert-OH is 1. The normalized spacial score (nSPS) is 23.1. The van der Waals surface area contributed by atoms with Gasteiger partial charge >= 0.3 is 0 Å². The summed E-state index contributed by atoms with van der Waals surface area (Å²) < 4.78 is 0. The predicted octanol–water partition coefficient (Wildman–Crippen LogP) is 2.75. The largest absolute Gasteiger partial charge is 0.391 e. The molecule has 2 atom stereocenters. The van der Waals surface area contributed by atoms with Crippen LogP contribution in [0.5, 0.6) is 0 Å². The summed E-state index contributed by atoms with van der Waals surface area (Å²) in [5.41, 5.74) is 1.69. The maximum Gasteiger partial charge on any atom is 0.251 e. The second-order valence-electron chi connectivity index (χ2n) is 5.11. The van der Waals surface area contributed by atoms with E-state index >= 15 is 0 Å². The summed E-state index contributed by atoms with van der Waals surface area (Å²) in [4.78, 5) is 13.4. The minimum atomic E-state index is -0.401. The van der Waals surface area contributed by atoms with Crippen molar-refractivity contribution in [2.75, 3.05) is 6.26 Å². The predicted molar refractivity (Wildman–Crippen MR) is 78.7 cm³/mol. The Kier molecular flexibility index (Phi) is 4.88. The third-order valence-electron chi connectivity index (χ3n) is 3.74. The molecule has 4 heteroatoms. The number of aryl methyl sites for hydroxylation is 1. The van der Waals surface area contributed by atoms with E-state index in [9.17, 15) is 9.90 Å². The van der Waals surface area contributed by atoms with Gasteiger partial charge in [0.1, 0.15) is 0 Å². The van der Waals surface area contributed by atoms with Crippen LogP contribution in [0.4, 0.5) is 0 Å². The maximum absolute atomic E-state index is 12.3. The molecule has 1 aromatic carbocycles. The fourth-order valence-corrected chi connectivity index (χ4v) is 2.94. The van der Waals surface area contributed by atoms with E-state index in [1.807, 2.05) is 31.4 Å². The van der Waals surface area contributed by atoms with Crippen LogP contribution in [-0.2, 0) is 0 Å². The molecule has 0 aliphatic heterocycles. The van der Waals surface area contributed by atoms with Crippen molar-refractivity contribution in [3.8, 4) is 0 Å². The Morgan fingerprint density at radius 1 is 1.37 bits per heavy atom. The van der Waals surface area contributed by atoms with Gasteiger partial charge in [0.05, 0.1) is 12.1 Å². The lowest BCUT2D eigenvalue weighted by atomic mass is 9.92. The number of carbonyl (C=O) groups is 1. The Morgan fingerprint density at radius 2 is 2.11 bits per heavy atom. The molecule has 0 saturated heterocycles. The van der Waals surface area contributed by atoms with E-state index in [2.05, 4.69) is 5.32 Å². The first-order valence-electron chi connectivity index (χ1n) is 6.75. The van der Waals surface area contributed by atoms with Crippen LogP contribution in [0.1, 0.15) is 41.6 Å². The molecule has 3 nitrogen and oxygen atoms in total. The van der Waals surface area contributed by atoms with Crippen LogP contribution < -0.4 is 5.32 Å². The van der Waals surface area contributed by atoms with E-state index in [0.717, 1.165) is 36.1 Å². The fourth-order valence-electron chi connectivity index (χ4n) is 2.50. The van der Waals surface area contributed by atoms with E-state index in [1.165, 1.54) is 0 Å². The van der Waals surface area contributed by atoms with Gasteiger partial charge in [-0.3, -0.25) is 4.79 Å². The smallest absolute Gasteiger partial charge is 0.251 e. The van der Waals surface area contributed by atoms with Gasteiger partial charge in [-0.05, 0) is 43.7 Å². The average molecular weight is 279 g/mol. The van der Waals surface area contributed by atoms with Gasteiger partial charge in [-0.1, -0.05) is 18.9 Å². The van der Waals surface area contributed by atoms with Crippen LogP contribution in [-0.4, -0.2) is 29.4 Å². The summed E-state index contributed by atoms with van der Waals surface area (Å²) in [6, 6.07) is 5.81. The third kappa shape index (κ3) is 3.51. The molecule has 2 N–H and O–H groups in total. The van der Waals surface area contributed by atoms with Crippen molar-refractivity contribution in [3.05, 3.63) is 29.3 Å². The zero-order valence-electron chi connectivity index (χ0n) is 11.5. The van der Waals surface area contributed by atoms with Crippen molar-refractivity contribution in [2.24, 2.45) is 0 Å². The van der Waals surface area contributed by atoms with Crippen LogP contribution in [0.2, 0.25) is 0 Å². The monoisotopic (exact) mass is 279 g/mol. The van der Waals surface area contributed by atoms with E-state index in [-0.39, 0.29) is 11.9 Å². The zero-order chi connectivity index (χ0) is 13.8. The molecule has 0 aromatic heterocycles. The summed E-state index contributed by atoms with van der Waals surface area (Å²) in [5, 5.41) is 12.9. The van der Waals surface area contributed by atoms with Crippen LogP contribution in [0.3, 0.4) is 0 Å². The molecule has 0 unspecified atom stereocenters. The van der Waals surface area contributed by atoms with Crippen LogP contribution in [0, 0.1) is 6.92 Å². The molecular formula is C15H21NO2S. The van der Waals surface area contributed by atoms with E-state index in [0.29, 0.717) is 5.56 Å². The van der Waals surface area contributed by atoms with E-state index in [4.69, 9.17) is 0 Å². The Labute approximate surface area is 118 Å². The van der Waals surface area contributed by atoms with Crippen molar-refractivity contribution < 1.29 is 9.90 Å². The first-order chi connectivity index (χ1) is 9.11. The molecule has 0 radical (unpaired) electrons. The second kappa shape index (κ2) is 6.44. The highest BCUT2D eigenvalue weighted by Crippen LogP contribution is 2.21. The van der Waals surface area contributed by atoms with Crippen molar-refractivity contribution in [1.29, 1.82) is 0 Å². The Balaban J connectivity index is 2.10. The number of rotatable bonds is 3. The molecule has 0 bridgehead atoms. The van der Waals surface area contributed by atoms with Crippen molar-refractivity contribution in [2.45, 2.75) is 49.6 Å². The summed E-state index contributed by atoms with van der Waals surface area (Å²) in [6.07, 6.45) is 5.38. The van der Waals surface area contributed by atoms with Gasteiger partial charge in [0, 0.05) is 10.5 Å². The van der Waals surface area contributed by atoms with Gasteiger partial charge < -0.3 is 10.4 Å². The van der Waals surface area contributed by atoms with Gasteiger partial charge in [-0.2, -0.15) is 0 Å². The number of hydrogen-bond donors (Lipinski definition) is 2. The molecule has 1 aliphatic rings. The van der Waals surface area contributed by atoms with Gasteiger partial charge in [-0.25, -0.2) is 0 Å². The zero-order valence-corrected chi connectivity index (χ0v) is 12.3. The second-order valence-corrected chi connectivity index (χ2v) is 5.99. The lowest BCUT2D eigenvalue weighted by Crippen LogP contribution is -2.45. The molecule has 0 heterocycles. The number of aliphatic hydroxyl groups is 1. The number of carbonyl (C=O) groups excluding carboxylic acids is 1. The van der Waals surface area contributed by atoms with Crippen LogP contribution >= 0.6 is 11.8 Å². The van der Waals surface area contributed by atoms with Gasteiger partial charge in [0.25, 0.3) is 5.91 Å². The number of hydrogen-bond acceptors (Lipinski definition) is 3. The lowest BCUT2D eigenvalue weighted by Gasteiger charge is -2.28. The maximum atomic E-state index is 12.3. The van der Waals surface area contributed by atoms with E-state index in [1.54, 1.807) is 11.8 Å². The highest BCUT2D eigenvalue weighted by molar-refractivity contribution is 7.98. The summed E-state index contributed by atoms with van der Waals surface area (Å²) >= 11 is 1.63. The van der Waals surface area contributed by atoms with E-state index < -0.39 is 6.10 Å². The van der Waals surface area contributed by atoms with Crippen molar-refractivity contribution in [3.63, 3.8) is 0 Å². The highest BCUT2D eigenvalue weighted by atomic mass is 32.2. The quantitative estimate of drug-likeness (QED) is 0.836. The summed E-state index contributed by atoms with van der Waals surface area (Å²) in [6.45, 7) is 1.94. The number of benzene rings is 1. The van der Waals surface area contributed by atoms with Crippen molar-refractivity contribution in [1.82, 2.24) is 5.32 Å². The molecular weight excluding hydrogens is 258 g/mol. The molecule has 1 fully saturated rings. The van der Waals surface area contributed by atoms with Crippen LogP contribution in [0.25, 0.3) is 0 Å². The van der Waals surface area contributed by atoms with Crippen molar-refractivity contribution >= 4 is 17.7 Å². The molecule has 2 rings (SSSR count). The number of amides is 1. The van der Waals surface area contributed by atoms with Gasteiger partial charge in [-0.15, -0.1) is 11.8 Å². The molecule has 0 spiro atoms. The van der Waals surface area contributed by atoms with Gasteiger partial charge in [0.2, 0.25) is 0 Å². The third-order valence-corrected chi connectivity index (χ3v) is 4.46. The molecule has 1 amide bonds. The van der Waals surface area contributed by atoms with Gasteiger partial charge in [0.15, 0.2) is 0 Å². The minimum Gasteiger partial charge on any atom is -0.391 e. The van der Waals surface area contributed by atoms with Crippen LogP contribution in [0.15, 0.2) is 23.1 Å². The topological polar surface area (TPSA) is 49.3 Å². The SMILES string of the molecule is CSc1ccc(C)c(C(=O)N[C@H]2CCCC[C@@H]2O)c1. The fraction of sp³-hybridized carbons (Fsp3) is 0.533. The summed E-state index contributed by atoms with van der Waals surface area (Å²) in [5.74, 6) is -0.0700. The Bertz CT molecular complexity index is 461. The minimum absolute atomic E-state index is 0.0700. The molecule has 1 aliphatic carbocycles. The average Bonchev–Trinajstić information content (AvgIpc) is 2.42. The lowest BCUT2D eigenvalue weighted by molar-refractivity contribution is 0.0716. The standard InChI is InChI=1S/C15H21NO2S/c1-10-7-8-11(19-2)9-12(10)15(18)16-13-5-3-4-6-14(13)17/h7-9,13-14,17H,3-6H2,1-2H3,(H,16,18)/t13-,14-/m0/s1. The first-order valence-corrected chi connectivity index (χ1v) is 7.98.